The molecule has 1 fully saturated rings. The molecular formula is C13H28N2O. The van der Waals surface area contributed by atoms with Crippen molar-refractivity contribution in [3.05, 3.63) is 0 Å². The van der Waals surface area contributed by atoms with Crippen molar-refractivity contribution in [3.8, 4) is 0 Å². The number of rotatable bonds is 6. The second-order valence-electron chi connectivity index (χ2n) is 5.79. The Morgan fingerprint density at radius 1 is 1.44 bits per heavy atom. The quantitative estimate of drug-likeness (QED) is 0.722. The maximum absolute atomic E-state index is 9.72. The van der Waals surface area contributed by atoms with Crippen LogP contribution in [-0.2, 0) is 0 Å². The molecule has 0 amide bonds. The van der Waals surface area contributed by atoms with Crippen LogP contribution >= 0.6 is 0 Å². The SMILES string of the molecule is CC(C)NC1(CO)CCCC1CCN(C)C. The van der Waals surface area contributed by atoms with Gasteiger partial charge in [0.05, 0.1) is 6.61 Å². The van der Waals surface area contributed by atoms with Crippen molar-refractivity contribution >= 4 is 0 Å². The molecule has 3 heteroatoms. The molecule has 1 saturated carbocycles. The third-order valence-corrected chi connectivity index (χ3v) is 3.74. The minimum Gasteiger partial charge on any atom is -0.394 e. The number of aliphatic hydroxyl groups excluding tert-OH is 1. The number of hydrogen-bond acceptors (Lipinski definition) is 3. The molecule has 0 saturated heterocycles. The van der Waals surface area contributed by atoms with E-state index in [0.29, 0.717) is 12.0 Å². The molecule has 2 unspecified atom stereocenters. The second kappa shape index (κ2) is 5.99. The molecule has 1 rings (SSSR count). The summed E-state index contributed by atoms with van der Waals surface area (Å²) in [6.45, 7) is 5.73. The van der Waals surface area contributed by atoms with E-state index in [2.05, 4.69) is 38.2 Å². The molecule has 0 aromatic rings. The lowest BCUT2D eigenvalue weighted by Gasteiger charge is -2.37. The van der Waals surface area contributed by atoms with E-state index in [0.717, 1.165) is 13.0 Å². The third kappa shape index (κ3) is 3.44. The summed E-state index contributed by atoms with van der Waals surface area (Å²) in [5.74, 6) is 0.627. The highest BCUT2D eigenvalue weighted by Crippen LogP contribution is 2.38. The van der Waals surface area contributed by atoms with Crippen LogP contribution in [-0.4, -0.2) is 48.8 Å². The molecule has 0 spiro atoms. The van der Waals surface area contributed by atoms with Gasteiger partial charge in [-0.15, -0.1) is 0 Å². The fraction of sp³-hybridized carbons (Fsp3) is 1.00. The molecule has 16 heavy (non-hydrogen) atoms. The van der Waals surface area contributed by atoms with E-state index < -0.39 is 0 Å². The summed E-state index contributed by atoms with van der Waals surface area (Å²) >= 11 is 0. The molecule has 0 aliphatic heterocycles. The standard InChI is InChI=1S/C13H28N2O/c1-11(2)14-13(10-16)8-5-6-12(13)7-9-15(3)4/h11-12,14,16H,5-10H2,1-4H3. The van der Waals surface area contributed by atoms with Gasteiger partial charge in [0.25, 0.3) is 0 Å². The first-order valence-electron chi connectivity index (χ1n) is 6.53. The molecular weight excluding hydrogens is 200 g/mol. The predicted molar refractivity (Wildman–Crippen MR) is 68.6 cm³/mol. The van der Waals surface area contributed by atoms with Gasteiger partial charge in [0, 0.05) is 11.6 Å². The fourth-order valence-corrected chi connectivity index (χ4v) is 3.00. The Labute approximate surface area is 100 Å². The Balaban J connectivity index is 2.59. The lowest BCUT2D eigenvalue weighted by Crippen LogP contribution is -2.54. The summed E-state index contributed by atoms with van der Waals surface area (Å²) in [4.78, 5) is 2.23. The highest BCUT2D eigenvalue weighted by Gasteiger charge is 2.41. The number of nitrogens with zero attached hydrogens (tertiary/aromatic N) is 1. The van der Waals surface area contributed by atoms with Gasteiger partial charge in [-0.3, -0.25) is 0 Å². The molecule has 2 atom stereocenters. The minimum atomic E-state index is -0.00975. The van der Waals surface area contributed by atoms with Gasteiger partial charge in [0.2, 0.25) is 0 Å². The molecule has 0 heterocycles. The lowest BCUT2D eigenvalue weighted by atomic mass is 9.84. The molecule has 1 aliphatic rings. The van der Waals surface area contributed by atoms with Crippen molar-refractivity contribution in [1.82, 2.24) is 10.2 Å². The molecule has 2 N–H and O–H groups in total. The van der Waals surface area contributed by atoms with Gasteiger partial charge in [-0.05, 0) is 45.8 Å². The van der Waals surface area contributed by atoms with E-state index in [9.17, 15) is 5.11 Å². The summed E-state index contributed by atoms with van der Waals surface area (Å²) in [5.41, 5.74) is -0.00975. The first kappa shape index (κ1) is 13.9. The van der Waals surface area contributed by atoms with Gasteiger partial charge in [-0.1, -0.05) is 20.3 Å². The predicted octanol–water partition coefficient (Wildman–Crippen LogP) is 1.47. The molecule has 1 aliphatic carbocycles. The van der Waals surface area contributed by atoms with Crippen LogP contribution in [0.15, 0.2) is 0 Å². The van der Waals surface area contributed by atoms with Crippen LogP contribution in [0.4, 0.5) is 0 Å². The summed E-state index contributed by atoms with van der Waals surface area (Å²) in [6.07, 6.45) is 4.82. The zero-order valence-corrected chi connectivity index (χ0v) is 11.3. The first-order chi connectivity index (χ1) is 7.50. The molecule has 0 radical (unpaired) electrons. The van der Waals surface area contributed by atoms with Gasteiger partial charge >= 0.3 is 0 Å². The van der Waals surface area contributed by atoms with Crippen LogP contribution in [0.25, 0.3) is 0 Å². The second-order valence-corrected chi connectivity index (χ2v) is 5.79. The Morgan fingerprint density at radius 2 is 2.12 bits per heavy atom. The van der Waals surface area contributed by atoms with E-state index in [1.807, 2.05) is 0 Å². The van der Waals surface area contributed by atoms with Crippen LogP contribution in [0.5, 0.6) is 0 Å². The number of nitrogens with one attached hydrogen (secondary N) is 1. The highest BCUT2D eigenvalue weighted by molar-refractivity contribution is 4.99. The van der Waals surface area contributed by atoms with Gasteiger partial charge in [-0.25, -0.2) is 0 Å². The van der Waals surface area contributed by atoms with Crippen molar-refractivity contribution in [2.24, 2.45) is 5.92 Å². The third-order valence-electron chi connectivity index (χ3n) is 3.74. The van der Waals surface area contributed by atoms with E-state index in [1.54, 1.807) is 0 Å². The molecule has 96 valence electrons. The summed E-state index contributed by atoms with van der Waals surface area (Å²) in [5, 5.41) is 13.3. The Bertz CT molecular complexity index is 206. The largest absolute Gasteiger partial charge is 0.394 e. The first-order valence-corrected chi connectivity index (χ1v) is 6.53. The Kier molecular flexibility index (Phi) is 5.22. The van der Waals surface area contributed by atoms with Gasteiger partial charge in [-0.2, -0.15) is 0 Å². The van der Waals surface area contributed by atoms with Gasteiger partial charge < -0.3 is 15.3 Å². The fourth-order valence-electron chi connectivity index (χ4n) is 3.00. The lowest BCUT2D eigenvalue weighted by molar-refractivity contribution is 0.106. The van der Waals surface area contributed by atoms with Crippen LogP contribution < -0.4 is 5.32 Å². The van der Waals surface area contributed by atoms with E-state index in [1.165, 1.54) is 19.3 Å². The van der Waals surface area contributed by atoms with Gasteiger partial charge in [0.15, 0.2) is 0 Å². The summed E-state index contributed by atoms with van der Waals surface area (Å²) in [6, 6.07) is 0.451. The topological polar surface area (TPSA) is 35.5 Å². The van der Waals surface area contributed by atoms with Gasteiger partial charge in [0.1, 0.15) is 0 Å². The average Bonchev–Trinajstić information content (AvgIpc) is 2.57. The van der Waals surface area contributed by atoms with Crippen molar-refractivity contribution in [2.45, 2.75) is 51.1 Å². The monoisotopic (exact) mass is 228 g/mol. The zero-order chi connectivity index (χ0) is 12.2. The number of aliphatic hydroxyl groups is 1. The van der Waals surface area contributed by atoms with Crippen molar-refractivity contribution in [3.63, 3.8) is 0 Å². The number of hydrogen-bond donors (Lipinski definition) is 2. The van der Waals surface area contributed by atoms with Crippen LogP contribution in [0, 0.1) is 5.92 Å². The van der Waals surface area contributed by atoms with E-state index >= 15 is 0 Å². The normalized spacial score (nSPS) is 30.6. The van der Waals surface area contributed by atoms with Crippen molar-refractivity contribution in [2.75, 3.05) is 27.2 Å². The summed E-state index contributed by atoms with van der Waals surface area (Å²) < 4.78 is 0. The van der Waals surface area contributed by atoms with Crippen LogP contribution in [0.3, 0.4) is 0 Å². The maximum Gasteiger partial charge on any atom is 0.0616 e. The van der Waals surface area contributed by atoms with Crippen LogP contribution in [0.1, 0.15) is 39.5 Å². The summed E-state index contributed by atoms with van der Waals surface area (Å²) in [7, 11) is 4.23. The zero-order valence-electron chi connectivity index (χ0n) is 11.3. The van der Waals surface area contributed by atoms with E-state index in [4.69, 9.17) is 0 Å². The minimum absolute atomic E-state index is 0.00975. The van der Waals surface area contributed by atoms with E-state index in [-0.39, 0.29) is 12.1 Å². The maximum atomic E-state index is 9.72. The van der Waals surface area contributed by atoms with Crippen molar-refractivity contribution < 1.29 is 5.11 Å². The molecule has 0 bridgehead atoms. The van der Waals surface area contributed by atoms with Crippen LogP contribution in [0.2, 0.25) is 0 Å². The Hall–Kier alpha value is -0.120. The smallest absolute Gasteiger partial charge is 0.0616 e. The molecule has 3 nitrogen and oxygen atoms in total. The Morgan fingerprint density at radius 3 is 2.62 bits per heavy atom. The molecule has 0 aromatic heterocycles. The average molecular weight is 228 g/mol. The highest BCUT2D eigenvalue weighted by atomic mass is 16.3. The van der Waals surface area contributed by atoms with Crippen molar-refractivity contribution in [1.29, 1.82) is 0 Å². The molecule has 0 aromatic carbocycles.